The van der Waals surface area contributed by atoms with Gasteiger partial charge in [0.1, 0.15) is 0 Å². The highest BCUT2D eigenvalue weighted by Gasteiger charge is 2.31. The number of nitrogens with zero attached hydrogens (tertiary/aromatic N) is 4. The second kappa shape index (κ2) is 6.79. The van der Waals surface area contributed by atoms with Crippen LogP contribution in [0.25, 0.3) is 0 Å². The third-order valence-electron chi connectivity index (χ3n) is 5.09. The molecule has 1 amide bonds. The molecule has 22 heavy (non-hydrogen) atoms. The summed E-state index contributed by atoms with van der Waals surface area (Å²) in [7, 11) is 1.86. The zero-order valence-corrected chi connectivity index (χ0v) is 13.3. The Balaban J connectivity index is 1.54. The molecule has 1 N–H and O–H groups in total. The molecule has 0 spiro atoms. The van der Waals surface area contributed by atoms with Gasteiger partial charge in [-0.15, -0.1) is 0 Å². The standard InChI is InChI=1S/C16H26N4O2/c1-18-10-6-17-15(18)16(22)19-8-4-14(5-9-19)20-7-2-3-13(11-20)12-21/h6,10,13-14,21H,2-5,7-9,11-12H2,1H3/t13-/m1/s1. The smallest absolute Gasteiger partial charge is 0.289 e. The van der Waals surface area contributed by atoms with Gasteiger partial charge < -0.3 is 14.6 Å². The molecule has 2 aliphatic heterocycles. The third kappa shape index (κ3) is 3.17. The number of likely N-dealkylation sites (tertiary alicyclic amines) is 2. The van der Waals surface area contributed by atoms with Crippen LogP contribution in [0.5, 0.6) is 0 Å². The SMILES string of the molecule is Cn1ccnc1C(=O)N1CCC(N2CCC[C@@H](CO)C2)CC1. The lowest BCUT2D eigenvalue weighted by atomic mass is 9.94. The van der Waals surface area contributed by atoms with Crippen LogP contribution in [0.15, 0.2) is 12.4 Å². The van der Waals surface area contributed by atoms with Crippen molar-refractivity contribution in [3.8, 4) is 0 Å². The lowest BCUT2D eigenvalue weighted by Gasteiger charge is -2.42. The molecule has 0 saturated carbocycles. The van der Waals surface area contributed by atoms with Crippen LogP contribution in [-0.4, -0.2) is 69.2 Å². The number of carbonyl (C=O) groups excluding carboxylic acids is 1. The van der Waals surface area contributed by atoms with Crippen molar-refractivity contribution >= 4 is 5.91 Å². The average Bonchev–Trinajstić information content (AvgIpc) is 3.00. The maximum atomic E-state index is 12.5. The molecule has 0 bridgehead atoms. The summed E-state index contributed by atoms with van der Waals surface area (Å²) in [6.07, 6.45) is 7.84. The highest BCUT2D eigenvalue weighted by atomic mass is 16.3. The van der Waals surface area contributed by atoms with Crippen molar-refractivity contribution in [1.29, 1.82) is 0 Å². The van der Waals surface area contributed by atoms with E-state index in [-0.39, 0.29) is 5.91 Å². The molecule has 1 atom stereocenters. The molecule has 3 heterocycles. The van der Waals surface area contributed by atoms with E-state index >= 15 is 0 Å². The first kappa shape index (κ1) is 15.5. The Kier molecular flexibility index (Phi) is 4.78. The quantitative estimate of drug-likeness (QED) is 0.894. The topological polar surface area (TPSA) is 61.6 Å². The number of aliphatic hydroxyl groups is 1. The van der Waals surface area contributed by atoms with E-state index in [1.54, 1.807) is 10.8 Å². The summed E-state index contributed by atoms with van der Waals surface area (Å²) in [5, 5.41) is 9.36. The second-order valence-electron chi connectivity index (χ2n) is 6.57. The number of imidazole rings is 1. The van der Waals surface area contributed by atoms with Crippen LogP contribution in [0.1, 0.15) is 36.3 Å². The summed E-state index contributed by atoms with van der Waals surface area (Å²) >= 11 is 0. The Morgan fingerprint density at radius 3 is 2.73 bits per heavy atom. The predicted octanol–water partition coefficient (Wildman–Crippen LogP) is 0.729. The fourth-order valence-corrected chi connectivity index (χ4v) is 3.73. The van der Waals surface area contributed by atoms with E-state index in [2.05, 4.69) is 9.88 Å². The lowest BCUT2D eigenvalue weighted by Crippen LogP contribution is -2.50. The van der Waals surface area contributed by atoms with E-state index in [0.717, 1.165) is 45.4 Å². The maximum absolute atomic E-state index is 12.5. The highest BCUT2D eigenvalue weighted by Crippen LogP contribution is 2.24. The van der Waals surface area contributed by atoms with Crippen molar-refractivity contribution in [2.75, 3.05) is 32.8 Å². The summed E-state index contributed by atoms with van der Waals surface area (Å²) in [5.41, 5.74) is 0. The Morgan fingerprint density at radius 2 is 2.09 bits per heavy atom. The van der Waals surface area contributed by atoms with Crippen molar-refractivity contribution in [2.45, 2.75) is 31.7 Å². The summed E-state index contributed by atoms with van der Waals surface area (Å²) < 4.78 is 1.78. The zero-order valence-electron chi connectivity index (χ0n) is 13.3. The van der Waals surface area contributed by atoms with Crippen LogP contribution in [0.2, 0.25) is 0 Å². The van der Waals surface area contributed by atoms with Gasteiger partial charge in [0.05, 0.1) is 0 Å². The molecule has 122 valence electrons. The van der Waals surface area contributed by atoms with Crippen molar-refractivity contribution in [2.24, 2.45) is 13.0 Å². The third-order valence-corrected chi connectivity index (χ3v) is 5.09. The van der Waals surface area contributed by atoms with Gasteiger partial charge in [0.15, 0.2) is 5.82 Å². The van der Waals surface area contributed by atoms with Crippen molar-refractivity contribution < 1.29 is 9.90 Å². The fraction of sp³-hybridized carbons (Fsp3) is 0.750. The Hall–Kier alpha value is -1.40. The minimum Gasteiger partial charge on any atom is -0.396 e. The van der Waals surface area contributed by atoms with Gasteiger partial charge in [0.25, 0.3) is 5.91 Å². The van der Waals surface area contributed by atoms with E-state index in [1.165, 1.54) is 6.42 Å². The lowest BCUT2D eigenvalue weighted by molar-refractivity contribution is 0.0446. The Bertz CT molecular complexity index is 508. The predicted molar refractivity (Wildman–Crippen MR) is 83.5 cm³/mol. The molecule has 2 saturated heterocycles. The number of aliphatic hydroxyl groups excluding tert-OH is 1. The van der Waals surface area contributed by atoms with Crippen molar-refractivity contribution in [3.05, 3.63) is 18.2 Å². The number of amides is 1. The normalized spacial score (nSPS) is 24.6. The van der Waals surface area contributed by atoms with E-state index in [0.29, 0.717) is 24.4 Å². The number of carbonyl (C=O) groups is 1. The van der Waals surface area contributed by atoms with Gasteiger partial charge in [-0.1, -0.05) is 0 Å². The first-order valence-electron chi connectivity index (χ1n) is 8.30. The zero-order chi connectivity index (χ0) is 15.5. The summed E-state index contributed by atoms with van der Waals surface area (Å²) in [6, 6.07) is 0.555. The molecule has 0 aliphatic carbocycles. The molecule has 1 aromatic heterocycles. The molecular weight excluding hydrogens is 280 g/mol. The molecule has 3 rings (SSSR count). The highest BCUT2D eigenvalue weighted by molar-refractivity contribution is 5.90. The minimum absolute atomic E-state index is 0.0397. The molecule has 6 heteroatoms. The maximum Gasteiger partial charge on any atom is 0.289 e. The molecule has 0 unspecified atom stereocenters. The van der Waals surface area contributed by atoms with Crippen LogP contribution in [-0.2, 0) is 7.05 Å². The van der Waals surface area contributed by atoms with Gasteiger partial charge in [0, 0.05) is 51.7 Å². The molecule has 0 radical (unpaired) electrons. The number of hydrogen-bond donors (Lipinski definition) is 1. The largest absolute Gasteiger partial charge is 0.396 e. The number of aryl methyl sites for hydroxylation is 1. The number of hydrogen-bond acceptors (Lipinski definition) is 4. The van der Waals surface area contributed by atoms with Gasteiger partial charge in [-0.25, -0.2) is 4.98 Å². The summed E-state index contributed by atoms with van der Waals surface area (Å²) in [5.74, 6) is 0.996. The number of piperidine rings is 2. The Labute approximate surface area is 131 Å². The van der Waals surface area contributed by atoms with Crippen LogP contribution < -0.4 is 0 Å². The van der Waals surface area contributed by atoms with Crippen molar-refractivity contribution in [1.82, 2.24) is 19.4 Å². The monoisotopic (exact) mass is 306 g/mol. The van der Waals surface area contributed by atoms with E-state index in [4.69, 9.17) is 0 Å². The number of rotatable bonds is 3. The first-order valence-corrected chi connectivity index (χ1v) is 8.30. The molecule has 0 aromatic carbocycles. The Morgan fingerprint density at radius 1 is 1.32 bits per heavy atom. The van der Waals surface area contributed by atoms with Crippen LogP contribution in [0, 0.1) is 5.92 Å². The molecule has 1 aromatic rings. The molecule has 2 fully saturated rings. The van der Waals surface area contributed by atoms with E-state index < -0.39 is 0 Å². The van der Waals surface area contributed by atoms with E-state index in [1.807, 2.05) is 18.1 Å². The van der Waals surface area contributed by atoms with Gasteiger partial charge in [-0.3, -0.25) is 9.69 Å². The van der Waals surface area contributed by atoms with Gasteiger partial charge >= 0.3 is 0 Å². The van der Waals surface area contributed by atoms with Gasteiger partial charge in [0.2, 0.25) is 0 Å². The first-order chi connectivity index (χ1) is 10.7. The van der Waals surface area contributed by atoms with Crippen LogP contribution in [0.3, 0.4) is 0 Å². The van der Waals surface area contributed by atoms with E-state index in [9.17, 15) is 9.90 Å². The number of aromatic nitrogens is 2. The molecule has 6 nitrogen and oxygen atoms in total. The van der Waals surface area contributed by atoms with Crippen LogP contribution in [0.4, 0.5) is 0 Å². The summed E-state index contributed by atoms with van der Waals surface area (Å²) in [6.45, 7) is 4.04. The van der Waals surface area contributed by atoms with Crippen molar-refractivity contribution in [3.63, 3.8) is 0 Å². The summed E-state index contributed by atoms with van der Waals surface area (Å²) in [4.78, 5) is 21.1. The van der Waals surface area contributed by atoms with Gasteiger partial charge in [-0.05, 0) is 38.1 Å². The van der Waals surface area contributed by atoms with Crippen LogP contribution >= 0.6 is 0 Å². The second-order valence-corrected chi connectivity index (χ2v) is 6.57. The molecule has 2 aliphatic rings. The average molecular weight is 306 g/mol. The molecular formula is C16H26N4O2. The fourth-order valence-electron chi connectivity index (χ4n) is 3.73. The van der Waals surface area contributed by atoms with Gasteiger partial charge in [-0.2, -0.15) is 0 Å². The minimum atomic E-state index is 0.0397.